The van der Waals surface area contributed by atoms with E-state index in [1.165, 1.54) is 6.92 Å². The molecule has 0 saturated carbocycles. The number of halogens is 2. The van der Waals surface area contributed by atoms with Crippen LogP contribution in [-0.4, -0.2) is 23.7 Å². The van der Waals surface area contributed by atoms with Crippen LogP contribution in [0.25, 0.3) is 0 Å². The number of benzene rings is 1. The van der Waals surface area contributed by atoms with Crippen molar-refractivity contribution < 1.29 is 9.59 Å². The van der Waals surface area contributed by atoms with Crippen LogP contribution in [0, 0.1) is 0 Å². The van der Waals surface area contributed by atoms with E-state index in [0.29, 0.717) is 11.6 Å². The van der Waals surface area contributed by atoms with Gasteiger partial charge in [0.15, 0.2) is 0 Å². The number of amides is 2. The second-order valence-electron chi connectivity index (χ2n) is 4.37. The van der Waals surface area contributed by atoms with Gasteiger partial charge < -0.3 is 10.2 Å². The highest BCUT2D eigenvalue weighted by atomic mass is 79.9. The van der Waals surface area contributed by atoms with E-state index in [-0.39, 0.29) is 11.8 Å². The van der Waals surface area contributed by atoms with Gasteiger partial charge >= 0.3 is 0 Å². The molecular weight excluding hydrogens is 332 g/mol. The smallest absolute Gasteiger partial charge is 0.254 e. The number of hydrogen-bond donors (Lipinski definition) is 1. The van der Waals surface area contributed by atoms with E-state index < -0.39 is 6.04 Å². The van der Waals surface area contributed by atoms with Crippen LogP contribution in [0.1, 0.15) is 24.9 Å². The number of alkyl halides is 1. The first kappa shape index (κ1) is 14.3. The first-order valence-corrected chi connectivity index (χ1v) is 7.48. The molecule has 0 aromatic heterocycles. The van der Waals surface area contributed by atoms with E-state index in [2.05, 4.69) is 21.2 Å². The third-order valence-electron chi connectivity index (χ3n) is 2.97. The number of carbonyl (C=O) groups excluding carboxylic acids is 2. The number of nitrogens with one attached hydrogen (secondary N) is 1. The Hall–Kier alpha value is -1.07. The van der Waals surface area contributed by atoms with Crippen molar-refractivity contribution in [2.24, 2.45) is 0 Å². The zero-order valence-corrected chi connectivity index (χ0v) is 12.8. The molecule has 0 saturated heterocycles. The molecule has 1 aromatic rings. The minimum absolute atomic E-state index is 0.103. The summed E-state index contributed by atoms with van der Waals surface area (Å²) in [6.45, 7) is 2.02. The van der Waals surface area contributed by atoms with Crippen molar-refractivity contribution in [3.8, 4) is 0 Å². The number of fused-ring (bicyclic) bond motifs is 1. The van der Waals surface area contributed by atoms with Gasteiger partial charge in [-0.25, -0.2) is 0 Å². The van der Waals surface area contributed by atoms with Gasteiger partial charge in [-0.3, -0.25) is 9.59 Å². The van der Waals surface area contributed by atoms with Crippen LogP contribution in [0.15, 0.2) is 18.2 Å². The summed E-state index contributed by atoms with van der Waals surface area (Å²) in [6, 6.07) is 4.70. The average Bonchev–Trinajstić information content (AvgIpc) is 2.60. The van der Waals surface area contributed by atoms with Crippen molar-refractivity contribution in [3.63, 3.8) is 0 Å². The van der Waals surface area contributed by atoms with Crippen molar-refractivity contribution in [2.45, 2.75) is 19.4 Å². The number of rotatable bonds is 4. The lowest BCUT2D eigenvalue weighted by Gasteiger charge is -2.17. The summed E-state index contributed by atoms with van der Waals surface area (Å²) >= 11 is 9.33. The van der Waals surface area contributed by atoms with Crippen LogP contribution < -0.4 is 10.2 Å². The Morgan fingerprint density at radius 2 is 2.26 bits per heavy atom. The van der Waals surface area contributed by atoms with E-state index in [9.17, 15) is 9.59 Å². The third-order valence-corrected chi connectivity index (χ3v) is 3.76. The number of hydrogen-bond acceptors (Lipinski definition) is 2. The van der Waals surface area contributed by atoms with E-state index in [0.717, 1.165) is 23.0 Å². The maximum absolute atomic E-state index is 12.4. The Balaban J connectivity index is 2.36. The Bertz CT molecular complexity index is 521. The normalized spacial score (nSPS) is 17.5. The zero-order chi connectivity index (χ0) is 14.0. The van der Waals surface area contributed by atoms with Gasteiger partial charge in [0.1, 0.15) is 6.04 Å². The molecule has 1 aromatic carbocycles. The summed E-state index contributed by atoms with van der Waals surface area (Å²) in [4.78, 5) is 25.3. The lowest BCUT2D eigenvalue weighted by molar-refractivity contribution is -0.126. The molecule has 2 amide bonds. The SMILES string of the molecule is CC(=O)N[C@@H]1C(=O)N(CCCBr)c2ccc(Cl)cc21. The summed E-state index contributed by atoms with van der Waals surface area (Å²) in [5.41, 5.74) is 1.59. The predicted octanol–water partition coefficient (Wildman–Crippen LogP) is 2.65. The molecule has 0 unspecified atom stereocenters. The van der Waals surface area contributed by atoms with Gasteiger partial charge in [0.05, 0.1) is 0 Å². The van der Waals surface area contributed by atoms with E-state index in [1.54, 1.807) is 17.0 Å². The first-order chi connectivity index (χ1) is 9.04. The van der Waals surface area contributed by atoms with Crippen LogP contribution in [-0.2, 0) is 9.59 Å². The lowest BCUT2D eigenvalue weighted by atomic mass is 10.1. The molecule has 1 N–H and O–H groups in total. The molecule has 4 nitrogen and oxygen atoms in total. The zero-order valence-electron chi connectivity index (χ0n) is 10.5. The summed E-state index contributed by atoms with van der Waals surface area (Å²) in [5, 5.41) is 4.06. The van der Waals surface area contributed by atoms with Crippen molar-refractivity contribution in [2.75, 3.05) is 16.8 Å². The Labute approximate surface area is 125 Å². The molecule has 1 aliphatic rings. The second-order valence-corrected chi connectivity index (χ2v) is 5.60. The molecule has 0 aliphatic carbocycles. The van der Waals surface area contributed by atoms with Crippen molar-refractivity contribution in [1.82, 2.24) is 5.32 Å². The van der Waals surface area contributed by atoms with Crippen molar-refractivity contribution in [1.29, 1.82) is 0 Å². The minimum atomic E-state index is -0.624. The molecule has 102 valence electrons. The summed E-state index contributed by atoms with van der Waals surface area (Å²) < 4.78 is 0. The van der Waals surface area contributed by atoms with E-state index >= 15 is 0 Å². The number of anilines is 1. The Morgan fingerprint density at radius 1 is 1.53 bits per heavy atom. The van der Waals surface area contributed by atoms with Crippen LogP contribution in [0.4, 0.5) is 5.69 Å². The van der Waals surface area contributed by atoms with Crippen molar-refractivity contribution >= 4 is 45.0 Å². The maximum Gasteiger partial charge on any atom is 0.254 e. The number of carbonyl (C=O) groups is 2. The Morgan fingerprint density at radius 3 is 2.89 bits per heavy atom. The molecule has 19 heavy (non-hydrogen) atoms. The molecule has 0 bridgehead atoms. The molecule has 1 atom stereocenters. The van der Waals surface area contributed by atoms with Gasteiger partial charge in [0.2, 0.25) is 5.91 Å². The van der Waals surface area contributed by atoms with Crippen LogP contribution >= 0.6 is 27.5 Å². The topological polar surface area (TPSA) is 49.4 Å². The highest BCUT2D eigenvalue weighted by Crippen LogP contribution is 2.37. The summed E-state index contributed by atoms with van der Waals surface area (Å²) in [6.07, 6.45) is 0.848. The van der Waals surface area contributed by atoms with Crippen LogP contribution in [0.3, 0.4) is 0 Å². The van der Waals surface area contributed by atoms with E-state index in [4.69, 9.17) is 11.6 Å². The first-order valence-electron chi connectivity index (χ1n) is 5.98. The van der Waals surface area contributed by atoms with Gasteiger partial charge in [-0.05, 0) is 24.6 Å². The lowest BCUT2D eigenvalue weighted by Crippen LogP contribution is -2.37. The molecule has 6 heteroatoms. The largest absolute Gasteiger partial charge is 0.341 e. The molecule has 0 radical (unpaired) electrons. The van der Waals surface area contributed by atoms with Crippen LogP contribution in [0.5, 0.6) is 0 Å². The molecule has 0 spiro atoms. The molecule has 1 aliphatic heterocycles. The minimum Gasteiger partial charge on any atom is -0.341 e. The third kappa shape index (κ3) is 2.92. The second kappa shape index (κ2) is 5.92. The van der Waals surface area contributed by atoms with Crippen molar-refractivity contribution in [3.05, 3.63) is 28.8 Å². The molecular formula is C13H14BrClN2O2. The highest BCUT2D eigenvalue weighted by Gasteiger charge is 2.37. The molecule has 1 heterocycles. The van der Waals surface area contributed by atoms with Gasteiger partial charge in [0.25, 0.3) is 5.91 Å². The Kier molecular flexibility index (Phi) is 4.47. The fourth-order valence-electron chi connectivity index (χ4n) is 2.20. The van der Waals surface area contributed by atoms with Crippen LogP contribution in [0.2, 0.25) is 5.02 Å². The average molecular weight is 346 g/mol. The summed E-state index contributed by atoms with van der Waals surface area (Å²) in [5.74, 6) is -0.333. The standard InChI is InChI=1S/C13H14BrClN2O2/c1-8(18)16-12-10-7-9(15)3-4-11(10)17(13(12)19)6-2-5-14/h3-4,7,12H,2,5-6H2,1H3,(H,16,18)/t12-/m0/s1. The fraction of sp³-hybridized carbons (Fsp3) is 0.385. The van der Waals surface area contributed by atoms with Gasteiger partial charge in [0, 0.05) is 35.1 Å². The van der Waals surface area contributed by atoms with Gasteiger partial charge in [-0.15, -0.1) is 0 Å². The fourth-order valence-corrected chi connectivity index (χ4v) is 2.63. The quantitative estimate of drug-likeness (QED) is 0.853. The van der Waals surface area contributed by atoms with E-state index in [1.807, 2.05) is 6.07 Å². The van der Waals surface area contributed by atoms with Gasteiger partial charge in [-0.2, -0.15) is 0 Å². The maximum atomic E-state index is 12.4. The molecule has 0 fully saturated rings. The monoisotopic (exact) mass is 344 g/mol. The highest BCUT2D eigenvalue weighted by molar-refractivity contribution is 9.09. The molecule has 2 rings (SSSR count). The predicted molar refractivity (Wildman–Crippen MR) is 78.8 cm³/mol. The number of nitrogens with zero attached hydrogens (tertiary/aromatic N) is 1. The summed E-state index contributed by atoms with van der Waals surface area (Å²) in [7, 11) is 0. The van der Waals surface area contributed by atoms with Gasteiger partial charge in [-0.1, -0.05) is 27.5 Å².